The number of hydrogen-bond donors (Lipinski definition) is 2. The minimum atomic E-state index is -0.166. The summed E-state index contributed by atoms with van der Waals surface area (Å²) < 4.78 is 5.36. The van der Waals surface area contributed by atoms with Gasteiger partial charge in [0.15, 0.2) is 0 Å². The number of pyridine rings is 1. The van der Waals surface area contributed by atoms with Crippen molar-refractivity contribution < 1.29 is 4.74 Å². The summed E-state index contributed by atoms with van der Waals surface area (Å²) in [5, 5.41) is 6.61. The first kappa shape index (κ1) is 13.8. The van der Waals surface area contributed by atoms with E-state index in [0.717, 1.165) is 31.0 Å². The second kappa shape index (κ2) is 6.45. The van der Waals surface area contributed by atoms with Crippen molar-refractivity contribution >= 4 is 11.5 Å². The normalized spacial score (nSPS) is 11.3. The molecule has 1 aromatic heterocycles. The maximum atomic E-state index is 5.36. The number of anilines is 2. The van der Waals surface area contributed by atoms with E-state index < -0.39 is 0 Å². The van der Waals surface area contributed by atoms with Crippen molar-refractivity contribution in [3.05, 3.63) is 18.3 Å². The van der Waals surface area contributed by atoms with E-state index in [1.807, 2.05) is 12.1 Å². The molecule has 0 radical (unpaired) electrons. The molecule has 1 heterocycles. The molecular weight excluding hydrogens is 214 g/mol. The fraction of sp³-hybridized carbons (Fsp3) is 0.615. The van der Waals surface area contributed by atoms with Gasteiger partial charge in [0.05, 0.1) is 5.60 Å². The van der Waals surface area contributed by atoms with E-state index in [4.69, 9.17) is 4.74 Å². The van der Waals surface area contributed by atoms with Crippen LogP contribution in [0.5, 0.6) is 0 Å². The topological polar surface area (TPSA) is 46.2 Å². The Morgan fingerprint density at radius 3 is 2.76 bits per heavy atom. The molecule has 0 saturated heterocycles. The number of nitrogens with zero attached hydrogens (tertiary/aromatic N) is 1. The minimum Gasteiger partial charge on any atom is -0.382 e. The Labute approximate surface area is 104 Å². The Bertz CT molecular complexity index is 339. The molecule has 17 heavy (non-hydrogen) atoms. The minimum absolute atomic E-state index is 0.166. The van der Waals surface area contributed by atoms with E-state index in [9.17, 15) is 0 Å². The highest BCUT2D eigenvalue weighted by atomic mass is 16.5. The summed E-state index contributed by atoms with van der Waals surface area (Å²) in [4.78, 5) is 4.26. The third-order valence-corrected chi connectivity index (χ3v) is 2.59. The summed E-state index contributed by atoms with van der Waals surface area (Å²) in [6.45, 7) is 7.95. The molecule has 0 spiro atoms. The second-order valence-corrected chi connectivity index (χ2v) is 4.67. The summed E-state index contributed by atoms with van der Waals surface area (Å²) in [5.41, 5.74) is 0.893. The summed E-state index contributed by atoms with van der Waals surface area (Å²) in [5.74, 6) is 0.909. The highest BCUT2D eigenvalue weighted by Crippen LogP contribution is 2.14. The van der Waals surface area contributed by atoms with Crippen molar-refractivity contribution in [2.45, 2.75) is 32.8 Å². The van der Waals surface area contributed by atoms with Crippen molar-refractivity contribution in [3.8, 4) is 0 Å². The van der Waals surface area contributed by atoms with Gasteiger partial charge < -0.3 is 15.4 Å². The first-order chi connectivity index (χ1) is 8.07. The van der Waals surface area contributed by atoms with Crippen LogP contribution in [0, 0.1) is 0 Å². The van der Waals surface area contributed by atoms with Crippen LogP contribution in [0.25, 0.3) is 0 Å². The predicted molar refractivity (Wildman–Crippen MR) is 72.6 cm³/mol. The van der Waals surface area contributed by atoms with Crippen LogP contribution < -0.4 is 10.6 Å². The molecule has 96 valence electrons. The van der Waals surface area contributed by atoms with Gasteiger partial charge in [0.2, 0.25) is 0 Å². The Morgan fingerprint density at radius 1 is 1.35 bits per heavy atom. The quantitative estimate of drug-likeness (QED) is 0.765. The van der Waals surface area contributed by atoms with Crippen LogP contribution in [0.1, 0.15) is 27.2 Å². The molecular formula is C13H23N3O. The molecule has 0 aromatic carbocycles. The standard InChI is InChI=1S/C13H23N3O/c1-5-7-14-12-9-11(6-8-15-12)16-10-13(2,3)17-4/h6,8-9H,5,7,10H2,1-4H3,(H2,14,15,16). The number of ether oxygens (including phenoxy) is 1. The van der Waals surface area contributed by atoms with E-state index in [1.54, 1.807) is 13.3 Å². The lowest BCUT2D eigenvalue weighted by Gasteiger charge is -2.23. The maximum absolute atomic E-state index is 5.36. The van der Waals surface area contributed by atoms with Gasteiger partial charge in [-0.3, -0.25) is 0 Å². The fourth-order valence-corrected chi connectivity index (χ4v) is 1.28. The van der Waals surface area contributed by atoms with Crippen LogP contribution in [0.15, 0.2) is 18.3 Å². The summed E-state index contributed by atoms with van der Waals surface area (Å²) in [6.07, 6.45) is 2.90. The maximum Gasteiger partial charge on any atom is 0.127 e. The molecule has 0 aliphatic heterocycles. The van der Waals surface area contributed by atoms with Gasteiger partial charge in [-0.05, 0) is 26.3 Å². The second-order valence-electron chi connectivity index (χ2n) is 4.67. The molecule has 0 amide bonds. The monoisotopic (exact) mass is 237 g/mol. The first-order valence-electron chi connectivity index (χ1n) is 6.06. The van der Waals surface area contributed by atoms with Gasteiger partial charge >= 0.3 is 0 Å². The number of aromatic nitrogens is 1. The third-order valence-electron chi connectivity index (χ3n) is 2.59. The number of nitrogens with one attached hydrogen (secondary N) is 2. The van der Waals surface area contributed by atoms with E-state index in [1.165, 1.54) is 0 Å². The van der Waals surface area contributed by atoms with Crippen molar-refractivity contribution in [2.24, 2.45) is 0 Å². The van der Waals surface area contributed by atoms with Gasteiger partial charge in [-0.25, -0.2) is 4.98 Å². The summed E-state index contributed by atoms with van der Waals surface area (Å²) in [6, 6.07) is 3.98. The van der Waals surface area contributed by atoms with Crippen LogP contribution in [-0.2, 0) is 4.74 Å². The Hall–Kier alpha value is -1.29. The van der Waals surface area contributed by atoms with E-state index >= 15 is 0 Å². The van der Waals surface area contributed by atoms with Gasteiger partial charge in [0.1, 0.15) is 5.82 Å². The van der Waals surface area contributed by atoms with Crippen LogP contribution in [-0.4, -0.2) is 30.8 Å². The van der Waals surface area contributed by atoms with Crippen LogP contribution in [0.4, 0.5) is 11.5 Å². The van der Waals surface area contributed by atoms with Crippen LogP contribution in [0.2, 0.25) is 0 Å². The lowest BCUT2D eigenvalue weighted by atomic mass is 10.1. The lowest BCUT2D eigenvalue weighted by Crippen LogP contribution is -2.32. The number of hydrogen-bond acceptors (Lipinski definition) is 4. The largest absolute Gasteiger partial charge is 0.382 e. The van der Waals surface area contributed by atoms with Gasteiger partial charge in [-0.15, -0.1) is 0 Å². The van der Waals surface area contributed by atoms with Crippen molar-refractivity contribution in [3.63, 3.8) is 0 Å². The molecule has 0 aliphatic rings. The average Bonchev–Trinajstić information content (AvgIpc) is 2.35. The zero-order chi connectivity index (χ0) is 12.7. The Kier molecular flexibility index (Phi) is 5.22. The molecule has 4 heteroatoms. The van der Waals surface area contributed by atoms with Gasteiger partial charge in [0, 0.05) is 38.1 Å². The van der Waals surface area contributed by atoms with Gasteiger partial charge in [0.25, 0.3) is 0 Å². The molecule has 0 atom stereocenters. The summed E-state index contributed by atoms with van der Waals surface area (Å²) in [7, 11) is 1.72. The van der Waals surface area contributed by atoms with Gasteiger partial charge in [-0.1, -0.05) is 6.92 Å². The van der Waals surface area contributed by atoms with Crippen LogP contribution >= 0.6 is 0 Å². The number of methoxy groups -OCH3 is 1. The molecule has 0 fully saturated rings. The summed E-state index contributed by atoms with van der Waals surface area (Å²) >= 11 is 0. The molecule has 0 bridgehead atoms. The lowest BCUT2D eigenvalue weighted by molar-refractivity contribution is 0.0344. The van der Waals surface area contributed by atoms with Crippen molar-refractivity contribution in [1.29, 1.82) is 0 Å². The Balaban J connectivity index is 2.53. The smallest absolute Gasteiger partial charge is 0.127 e. The molecule has 2 N–H and O–H groups in total. The number of rotatable bonds is 7. The first-order valence-corrected chi connectivity index (χ1v) is 6.06. The van der Waals surface area contributed by atoms with Crippen molar-refractivity contribution in [1.82, 2.24) is 4.98 Å². The van der Waals surface area contributed by atoms with Crippen LogP contribution in [0.3, 0.4) is 0 Å². The average molecular weight is 237 g/mol. The van der Waals surface area contributed by atoms with Gasteiger partial charge in [-0.2, -0.15) is 0 Å². The highest BCUT2D eigenvalue weighted by Gasteiger charge is 2.15. The SMILES string of the molecule is CCCNc1cc(NCC(C)(C)OC)ccn1. The Morgan fingerprint density at radius 2 is 2.12 bits per heavy atom. The predicted octanol–water partition coefficient (Wildman–Crippen LogP) is 2.74. The molecule has 0 unspecified atom stereocenters. The molecule has 0 aliphatic carbocycles. The van der Waals surface area contributed by atoms with Crippen molar-refractivity contribution in [2.75, 3.05) is 30.8 Å². The highest BCUT2D eigenvalue weighted by molar-refractivity contribution is 5.51. The molecule has 0 saturated carbocycles. The zero-order valence-electron chi connectivity index (χ0n) is 11.2. The third kappa shape index (κ3) is 5.04. The molecule has 1 rings (SSSR count). The molecule has 1 aromatic rings. The zero-order valence-corrected chi connectivity index (χ0v) is 11.2. The van der Waals surface area contributed by atoms with E-state index in [2.05, 4.69) is 36.4 Å². The van der Waals surface area contributed by atoms with E-state index in [-0.39, 0.29) is 5.60 Å². The fourth-order valence-electron chi connectivity index (χ4n) is 1.28. The van der Waals surface area contributed by atoms with E-state index in [0.29, 0.717) is 0 Å². The molecule has 4 nitrogen and oxygen atoms in total.